The van der Waals surface area contributed by atoms with Gasteiger partial charge in [-0.1, -0.05) is 11.6 Å². The Morgan fingerprint density at radius 1 is 1.25 bits per heavy atom. The van der Waals surface area contributed by atoms with E-state index in [2.05, 4.69) is 9.71 Å². The molecule has 0 fully saturated rings. The van der Waals surface area contributed by atoms with Crippen LogP contribution < -0.4 is 4.72 Å². The fourth-order valence-electron chi connectivity index (χ4n) is 1.71. The van der Waals surface area contributed by atoms with Gasteiger partial charge in [0.1, 0.15) is 10.7 Å². The topological polar surface area (TPSA) is 59.1 Å². The number of hydrogen-bond acceptors (Lipinski definition) is 3. The summed E-state index contributed by atoms with van der Waals surface area (Å²) in [5.74, 6) is -0.882. The molecule has 1 atom stereocenters. The third-order valence-corrected chi connectivity index (χ3v) is 4.53. The average molecular weight is 315 g/mol. The maximum Gasteiger partial charge on any atom is 0.244 e. The second kappa shape index (κ2) is 5.87. The Bertz CT molecular complexity index is 708. The van der Waals surface area contributed by atoms with E-state index in [9.17, 15) is 12.8 Å². The Morgan fingerprint density at radius 3 is 2.50 bits per heavy atom. The molecule has 0 spiro atoms. The molecule has 1 aromatic carbocycles. The van der Waals surface area contributed by atoms with Crippen molar-refractivity contribution in [3.05, 3.63) is 59.1 Å². The summed E-state index contributed by atoms with van der Waals surface area (Å²) >= 11 is 5.61. The molecule has 0 amide bonds. The lowest BCUT2D eigenvalue weighted by molar-refractivity contribution is 0.547. The molecule has 0 unspecified atom stereocenters. The lowest BCUT2D eigenvalue weighted by atomic mass is 10.1. The van der Waals surface area contributed by atoms with Gasteiger partial charge < -0.3 is 0 Å². The number of pyridine rings is 1. The highest BCUT2D eigenvalue weighted by Crippen LogP contribution is 2.21. The predicted octanol–water partition coefficient (Wildman–Crippen LogP) is 2.91. The van der Waals surface area contributed by atoms with Crippen LogP contribution in [0, 0.1) is 5.82 Å². The summed E-state index contributed by atoms with van der Waals surface area (Å²) in [7, 11) is -3.96. The quantitative estimate of drug-likeness (QED) is 0.944. The molecule has 0 bridgehead atoms. The highest BCUT2D eigenvalue weighted by atomic mass is 35.5. The smallest absolute Gasteiger partial charge is 0.244 e. The van der Waals surface area contributed by atoms with Gasteiger partial charge in [-0.15, -0.1) is 0 Å². The number of rotatable bonds is 4. The molecule has 1 heterocycles. The van der Waals surface area contributed by atoms with Crippen LogP contribution in [0.1, 0.15) is 18.5 Å². The second-order valence-electron chi connectivity index (χ2n) is 4.20. The molecule has 4 nitrogen and oxygen atoms in total. The first-order valence-electron chi connectivity index (χ1n) is 5.77. The van der Waals surface area contributed by atoms with Crippen LogP contribution in [0.2, 0.25) is 5.02 Å². The third kappa shape index (κ3) is 3.33. The number of halogens is 2. The van der Waals surface area contributed by atoms with Gasteiger partial charge in [-0.2, -0.15) is 0 Å². The lowest BCUT2D eigenvalue weighted by Crippen LogP contribution is -2.27. The Morgan fingerprint density at radius 2 is 1.90 bits per heavy atom. The van der Waals surface area contributed by atoms with Crippen LogP contribution in [0.15, 0.2) is 47.6 Å². The van der Waals surface area contributed by atoms with Crippen LogP contribution >= 0.6 is 11.6 Å². The molecule has 106 valence electrons. The first kappa shape index (κ1) is 14.9. The zero-order valence-corrected chi connectivity index (χ0v) is 12.1. The lowest BCUT2D eigenvalue weighted by Gasteiger charge is -2.14. The number of nitrogens with zero attached hydrogens (tertiary/aromatic N) is 1. The predicted molar refractivity (Wildman–Crippen MR) is 74.4 cm³/mol. The van der Waals surface area contributed by atoms with Crippen molar-refractivity contribution in [3.63, 3.8) is 0 Å². The molecule has 2 rings (SSSR count). The maximum atomic E-state index is 13.7. The number of nitrogens with one attached hydrogen (secondary N) is 1. The minimum absolute atomic E-state index is 0.142. The minimum atomic E-state index is -3.96. The Kier molecular flexibility index (Phi) is 4.37. The molecule has 20 heavy (non-hydrogen) atoms. The molecule has 0 aliphatic heterocycles. The largest absolute Gasteiger partial charge is 0.265 e. The average Bonchev–Trinajstić information content (AvgIpc) is 2.38. The zero-order valence-electron chi connectivity index (χ0n) is 10.5. The Labute approximate surface area is 121 Å². The van der Waals surface area contributed by atoms with Crippen LogP contribution in [0.25, 0.3) is 0 Å². The number of aromatic nitrogens is 1. The Hall–Kier alpha value is -1.50. The molecule has 0 aliphatic carbocycles. The summed E-state index contributed by atoms with van der Waals surface area (Å²) in [6, 6.07) is 6.30. The fraction of sp³-hybridized carbons (Fsp3) is 0.154. The summed E-state index contributed by atoms with van der Waals surface area (Å²) in [4.78, 5) is 3.43. The van der Waals surface area contributed by atoms with Crippen molar-refractivity contribution in [1.29, 1.82) is 0 Å². The summed E-state index contributed by atoms with van der Waals surface area (Å²) in [5.41, 5.74) is 0.734. The van der Waals surface area contributed by atoms with Crippen LogP contribution in [0.4, 0.5) is 4.39 Å². The molecule has 1 aromatic heterocycles. The van der Waals surface area contributed by atoms with Crippen molar-refractivity contribution in [2.75, 3.05) is 0 Å². The van der Waals surface area contributed by atoms with Crippen LogP contribution in [-0.4, -0.2) is 13.4 Å². The van der Waals surface area contributed by atoms with E-state index < -0.39 is 26.8 Å². The van der Waals surface area contributed by atoms with Crippen molar-refractivity contribution >= 4 is 21.6 Å². The van der Waals surface area contributed by atoms with Gasteiger partial charge in [-0.3, -0.25) is 4.98 Å². The van der Waals surface area contributed by atoms with Gasteiger partial charge in [0.2, 0.25) is 10.0 Å². The van der Waals surface area contributed by atoms with Crippen molar-refractivity contribution in [2.45, 2.75) is 17.9 Å². The summed E-state index contributed by atoms with van der Waals surface area (Å²) in [6.07, 6.45) is 3.12. The molecule has 1 N–H and O–H groups in total. The second-order valence-corrected chi connectivity index (χ2v) is 6.32. The zero-order chi connectivity index (χ0) is 14.8. The molecule has 0 radical (unpaired) electrons. The van der Waals surface area contributed by atoms with E-state index in [1.807, 2.05) is 0 Å². The van der Waals surface area contributed by atoms with Gasteiger partial charge in [0, 0.05) is 23.5 Å². The van der Waals surface area contributed by atoms with E-state index in [0.717, 1.165) is 17.7 Å². The number of hydrogen-bond donors (Lipinski definition) is 1. The van der Waals surface area contributed by atoms with E-state index in [4.69, 9.17) is 11.6 Å². The summed E-state index contributed by atoms with van der Waals surface area (Å²) < 4.78 is 40.4. The van der Waals surface area contributed by atoms with E-state index in [-0.39, 0.29) is 5.02 Å². The number of sulfonamides is 1. The molecule has 2 aromatic rings. The van der Waals surface area contributed by atoms with E-state index >= 15 is 0 Å². The highest BCUT2D eigenvalue weighted by Gasteiger charge is 2.22. The van der Waals surface area contributed by atoms with Gasteiger partial charge in [-0.25, -0.2) is 17.5 Å². The monoisotopic (exact) mass is 314 g/mol. The van der Waals surface area contributed by atoms with Crippen LogP contribution in [-0.2, 0) is 10.0 Å². The van der Waals surface area contributed by atoms with Gasteiger partial charge in [0.25, 0.3) is 0 Å². The van der Waals surface area contributed by atoms with E-state index in [1.165, 1.54) is 6.07 Å². The van der Waals surface area contributed by atoms with Crippen molar-refractivity contribution in [2.24, 2.45) is 0 Å². The number of benzene rings is 1. The Balaban J connectivity index is 2.28. The van der Waals surface area contributed by atoms with Crippen molar-refractivity contribution in [1.82, 2.24) is 9.71 Å². The van der Waals surface area contributed by atoms with Gasteiger partial charge in [-0.05, 0) is 42.8 Å². The molecule has 0 aliphatic rings. The van der Waals surface area contributed by atoms with Crippen LogP contribution in [0.3, 0.4) is 0 Å². The third-order valence-electron chi connectivity index (χ3n) is 2.72. The maximum absolute atomic E-state index is 13.7. The first-order chi connectivity index (χ1) is 9.40. The van der Waals surface area contributed by atoms with Crippen LogP contribution in [0.5, 0.6) is 0 Å². The molecular formula is C13H12ClFN2O2S. The van der Waals surface area contributed by atoms with Gasteiger partial charge in [0.05, 0.1) is 0 Å². The molecule has 0 saturated carbocycles. The minimum Gasteiger partial charge on any atom is -0.265 e. The summed E-state index contributed by atoms with van der Waals surface area (Å²) in [5, 5.41) is 0.142. The molecule has 7 heteroatoms. The standard InChI is InChI=1S/C13H12ClFN2O2S/c1-9(10-4-6-16-7-5-10)17-20(18,19)13-3-2-11(14)8-12(13)15/h2-9,17H,1H3/t9-/m1/s1. The van der Waals surface area contributed by atoms with E-state index in [1.54, 1.807) is 31.5 Å². The first-order valence-corrected chi connectivity index (χ1v) is 7.63. The normalized spacial score (nSPS) is 13.2. The van der Waals surface area contributed by atoms with Gasteiger partial charge in [0.15, 0.2) is 0 Å². The highest BCUT2D eigenvalue weighted by molar-refractivity contribution is 7.89. The van der Waals surface area contributed by atoms with E-state index in [0.29, 0.717) is 0 Å². The molecule has 0 saturated heterocycles. The molecular weight excluding hydrogens is 303 g/mol. The van der Waals surface area contributed by atoms with Crippen molar-refractivity contribution < 1.29 is 12.8 Å². The summed E-state index contributed by atoms with van der Waals surface area (Å²) in [6.45, 7) is 1.67. The van der Waals surface area contributed by atoms with Gasteiger partial charge >= 0.3 is 0 Å². The van der Waals surface area contributed by atoms with Crippen molar-refractivity contribution in [3.8, 4) is 0 Å². The SMILES string of the molecule is C[C@@H](NS(=O)(=O)c1ccc(Cl)cc1F)c1ccncc1. The fourth-order valence-corrected chi connectivity index (χ4v) is 3.16.